The standard InChI is InChI=1S/C17H24N2O3/c1-3-5-10-19-12-13(11-16(19)20)17(21)18-14-6-8-15(9-7-14)22-4-2/h6-9,13H,3-5,10-12H2,1-2H3,(H,18,21). The number of nitrogens with zero attached hydrogens (tertiary/aromatic N) is 1. The van der Waals surface area contributed by atoms with Crippen LogP contribution in [0.25, 0.3) is 0 Å². The van der Waals surface area contributed by atoms with Crippen molar-refractivity contribution in [1.82, 2.24) is 4.90 Å². The molecule has 0 saturated carbocycles. The molecular formula is C17H24N2O3. The first-order chi connectivity index (χ1) is 10.6. The van der Waals surface area contributed by atoms with E-state index < -0.39 is 0 Å². The molecule has 120 valence electrons. The zero-order chi connectivity index (χ0) is 15.9. The van der Waals surface area contributed by atoms with Gasteiger partial charge in [0.25, 0.3) is 0 Å². The topological polar surface area (TPSA) is 58.6 Å². The van der Waals surface area contributed by atoms with Gasteiger partial charge in [0.15, 0.2) is 0 Å². The van der Waals surface area contributed by atoms with Crippen molar-refractivity contribution in [1.29, 1.82) is 0 Å². The van der Waals surface area contributed by atoms with E-state index in [0.29, 0.717) is 19.6 Å². The number of rotatable bonds is 7. The third kappa shape index (κ3) is 4.23. The van der Waals surface area contributed by atoms with Crippen molar-refractivity contribution < 1.29 is 14.3 Å². The van der Waals surface area contributed by atoms with Gasteiger partial charge in [0.05, 0.1) is 12.5 Å². The van der Waals surface area contributed by atoms with E-state index in [1.807, 2.05) is 31.2 Å². The zero-order valence-corrected chi connectivity index (χ0v) is 13.3. The van der Waals surface area contributed by atoms with Gasteiger partial charge < -0.3 is 15.0 Å². The van der Waals surface area contributed by atoms with Crippen LogP contribution >= 0.6 is 0 Å². The van der Waals surface area contributed by atoms with Gasteiger partial charge in [-0.15, -0.1) is 0 Å². The van der Waals surface area contributed by atoms with Crippen LogP contribution in [0.15, 0.2) is 24.3 Å². The van der Waals surface area contributed by atoms with Crippen LogP contribution in [-0.2, 0) is 9.59 Å². The predicted molar refractivity (Wildman–Crippen MR) is 85.8 cm³/mol. The summed E-state index contributed by atoms with van der Waals surface area (Å²) in [4.78, 5) is 26.0. The lowest BCUT2D eigenvalue weighted by atomic mass is 10.1. The van der Waals surface area contributed by atoms with Crippen molar-refractivity contribution in [2.45, 2.75) is 33.1 Å². The minimum absolute atomic E-state index is 0.0836. The molecule has 1 unspecified atom stereocenters. The second-order valence-corrected chi connectivity index (χ2v) is 5.54. The van der Waals surface area contributed by atoms with Gasteiger partial charge in [-0.25, -0.2) is 0 Å². The average molecular weight is 304 g/mol. The Hall–Kier alpha value is -2.04. The lowest BCUT2D eigenvalue weighted by Gasteiger charge is -2.16. The van der Waals surface area contributed by atoms with Gasteiger partial charge in [-0.2, -0.15) is 0 Å². The number of amides is 2. The summed E-state index contributed by atoms with van der Waals surface area (Å²) in [5.41, 5.74) is 0.730. The predicted octanol–water partition coefficient (Wildman–Crippen LogP) is 2.67. The normalized spacial score (nSPS) is 17.6. The summed E-state index contributed by atoms with van der Waals surface area (Å²) in [6.07, 6.45) is 2.35. The van der Waals surface area contributed by atoms with Gasteiger partial charge in [-0.1, -0.05) is 13.3 Å². The van der Waals surface area contributed by atoms with Crippen molar-refractivity contribution >= 4 is 17.5 Å². The quantitative estimate of drug-likeness (QED) is 0.842. The van der Waals surface area contributed by atoms with Gasteiger partial charge in [0.2, 0.25) is 11.8 Å². The molecule has 0 aromatic heterocycles. The molecule has 0 bridgehead atoms. The van der Waals surface area contributed by atoms with Gasteiger partial charge in [0, 0.05) is 25.2 Å². The van der Waals surface area contributed by atoms with E-state index in [1.165, 1.54) is 0 Å². The first-order valence-corrected chi connectivity index (χ1v) is 7.95. The lowest BCUT2D eigenvalue weighted by molar-refractivity contribution is -0.128. The van der Waals surface area contributed by atoms with Crippen molar-refractivity contribution in [3.8, 4) is 5.75 Å². The van der Waals surface area contributed by atoms with Crippen LogP contribution in [0.2, 0.25) is 0 Å². The number of hydrogen-bond acceptors (Lipinski definition) is 3. The minimum atomic E-state index is -0.254. The molecule has 0 radical (unpaired) electrons. The van der Waals surface area contributed by atoms with E-state index in [1.54, 1.807) is 4.90 Å². The number of ether oxygens (including phenoxy) is 1. The smallest absolute Gasteiger partial charge is 0.229 e. The SMILES string of the molecule is CCCCN1CC(C(=O)Nc2ccc(OCC)cc2)CC1=O. The van der Waals surface area contributed by atoms with Crippen LogP contribution in [0.5, 0.6) is 5.75 Å². The minimum Gasteiger partial charge on any atom is -0.494 e. The van der Waals surface area contributed by atoms with E-state index >= 15 is 0 Å². The fourth-order valence-corrected chi connectivity index (χ4v) is 2.56. The lowest BCUT2D eigenvalue weighted by Crippen LogP contribution is -2.29. The number of anilines is 1. The van der Waals surface area contributed by atoms with E-state index in [9.17, 15) is 9.59 Å². The van der Waals surface area contributed by atoms with Gasteiger partial charge in [-0.3, -0.25) is 9.59 Å². The highest BCUT2D eigenvalue weighted by Gasteiger charge is 2.33. The number of unbranched alkanes of at least 4 members (excludes halogenated alkanes) is 1. The molecule has 1 atom stereocenters. The van der Waals surface area contributed by atoms with Crippen LogP contribution in [0.4, 0.5) is 5.69 Å². The summed E-state index contributed by atoms with van der Waals surface area (Å²) in [5.74, 6) is 0.523. The summed E-state index contributed by atoms with van der Waals surface area (Å²) in [5, 5.41) is 2.88. The maximum atomic E-state index is 12.3. The molecule has 0 aliphatic carbocycles. The monoisotopic (exact) mass is 304 g/mol. The van der Waals surface area contributed by atoms with Gasteiger partial charge in [0.1, 0.15) is 5.75 Å². The zero-order valence-electron chi connectivity index (χ0n) is 13.3. The third-order valence-electron chi connectivity index (χ3n) is 3.80. The number of likely N-dealkylation sites (tertiary alicyclic amines) is 1. The number of hydrogen-bond donors (Lipinski definition) is 1. The highest BCUT2D eigenvalue weighted by atomic mass is 16.5. The Morgan fingerprint density at radius 3 is 2.68 bits per heavy atom. The fraction of sp³-hybridized carbons (Fsp3) is 0.529. The molecule has 0 spiro atoms. The van der Waals surface area contributed by atoms with Crippen LogP contribution < -0.4 is 10.1 Å². The maximum absolute atomic E-state index is 12.3. The molecule has 1 aromatic carbocycles. The van der Waals surface area contributed by atoms with E-state index in [0.717, 1.165) is 30.8 Å². The molecule has 22 heavy (non-hydrogen) atoms. The Balaban J connectivity index is 1.88. The molecule has 1 aliphatic rings. The van der Waals surface area contributed by atoms with Crippen molar-refractivity contribution in [2.24, 2.45) is 5.92 Å². The van der Waals surface area contributed by atoms with E-state index in [-0.39, 0.29) is 17.7 Å². The third-order valence-corrected chi connectivity index (χ3v) is 3.80. The molecule has 1 saturated heterocycles. The average Bonchev–Trinajstić information content (AvgIpc) is 2.88. The summed E-state index contributed by atoms with van der Waals surface area (Å²) < 4.78 is 5.37. The number of benzene rings is 1. The van der Waals surface area contributed by atoms with Crippen LogP contribution in [0.1, 0.15) is 33.1 Å². The molecule has 2 amide bonds. The number of carbonyl (C=O) groups excluding carboxylic acids is 2. The highest BCUT2D eigenvalue weighted by molar-refractivity contribution is 5.97. The summed E-state index contributed by atoms with van der Waals surface area (Å²) >= 11 is 0. The molecular weight excluding hydrogens is 280 g/mol. The van der Waals surface area contributed by atoms with Crippen molar-refractivity contribution in [3.63, 3.8) is 0 Å². The second kappa shape index (κ2) is 7.82. The van der Waals surface area contributed by atoms with Crippen LogP contribution in [-0.4, -0.2) is 36.4 Å². The molecule has 5 nitrogen and oxygen atoms in total. The first kappa shape index (κ1) is 16.3. The summed E-state index contributed by atoms with van der Waals surface area (Å²) in [6.45, 7) is 5.92. The van der Waals surface area contributed by atoms with Crippen molar-refractivity contribution in [3.05, 3.63) is 24.3 Å². The molecule has 1 heterocycles. The number of carbonyl (C=O) groups is 2. The van der Waals surface area contributed by atoms with Gasteiger partial charge in [-0.05, 0) is 37.6 Å². The summed E-state index contributed by atoms with van der Waals surface area (Å²) in [7, 11) is 0. The molecule has 1 aromatic rings. The Morgan fingerprint density at radius 1 is 1.32 bits per heavy atom. The molecule has 1 aliphatic heterocycles. The second-order valence-electron chi connectivity index (χ2n) is 5.54. The molecule has 1 fully saturated rings. The Morgan fingerprint density at radius 2 is 2.05 bits per heavy atom. The summed E-state index contributed by atoms with van der Waals surface area (Å²) in [6, 6.07) is 7.28. The molecule has 2 rings (SSSR count). The maximum Gasteiger partial charge on any atom is 0.229 e. The van der Waals surface area contributed by atoms with Crippen molar-refractivity contribution in [2.75, 3.05) is 25.0 Å². The fourth-order valence-electron chi connectivity index (χ4n) is 2.56. The Bertz CT molecular complexity index is 513. The number of nitrogens with one attached hydrogen (secondary N) is 1. The Kier molecular flexibility index (Phi) is 5.81. The van der Waals surface area contributed by atoms with E-state index in [2.05, 4.69) is 12.2 Å². The van der Waals surface area contributed by atoms with Gasteiger partial charge >= 0.3 is 0 Å². The molecule has 5 heteroatoms. The van der Waals surface area contributed by atoms with E-state index in [4.69, 9.17) is 4.74 Å². The first-order valence-electron chi connectivity index (χ1n) is 7.95. The Labute approximate surface area is 131 Å². The highest BCUT2D eigenvalue weighted by Crippen LogP contribution is 2.21. The largest absolute Gasteiger partial charge is 0.494 e. The van der Waals surface area contributed by atoms with Crippen LogP contribution in [0.3, 0.4) is 0 Å². The molecule has 1 N–H and O–H groups in total. The van der Waals surface area contributed by atoms with Crippen LogP contribution in [0, 0.1) is 5.92 Å².